The molecule has 1 aromatic carbocycles. The minimum Gasteiger partial charge on any atom is -0.392 e. The molecule has 1 aliphatic rings. The van der Waals surface area contributed by atoms with Gasteiger partial charge in [-0.3, -0.25) is 0 Å². The van der Waals surface area contributed by atoms with E-state index in [1.54, 1.807) is 0 Å². The molecule has 2 aromatic rings. The monoisotopic (exact) mass is 286 g/mol. The smallest absolute Gasteiger partial charge is 0.232 e. The highest BCUT2D eigenvalue weighted by molar-refractivity contribution is 5.30. The molecular weight excluding hydrogens is 264 g/mol. The molecule has 0 aliphatic heterocycles. The Bertz CT molecular complexity index is 601. The van der Waals surface area contributed by atoms with Crippen LogP contribution >= 0.6 is 0 Å². The molecule has 112 valence electrons. The van der Waals surface area contributed by atoms with Crippen LogP contribution in [0.4, 0.5) is 0 Å². The van der Waals surface area contributed by atoms with Crippen molar-refractivity contribution < 1.29 is 9.63 Å². The first-order valence-electron chi connectivity index (χ1n) is 7.69. The fourth-order valence-electron chi connectivity index (χ4n) is 3.24. The Balaban J connectivity index is 1.75. The lowest BCUT2D eigenvalue weighted by molar-refractivity contribution is 0.0908. The number of nitrogens with zero attached hydrogens (tertiary/aromatic N) is 2. The first kappa shape index (κ1) is 14.3. The van der Waals surface area contributed by atoms with E-state index in [9.17, 15) is 5.11 Å². The van der Waals surface area contributed by atoms with E-state index in [4.69, 9.17) is 4.52 Å². The Kier molecular flexibility index (Phi) is 4.06. The zero-order valence-corrected chi connectivity index (χ0v) is 12.7. The highest BCUT2D eigenvalue weighted by Gasteiger charge is 2.29. The van der Waals surface area contributed by atoms with Gasteiger partial charge in [0.15, 0.2) is 5.82 Å². The largest absolute Gasteiger partial charge is 0.392 e. The standard InChI is InChI=1S/C17H22N2O2/c1-11-7-12(2)9-13(8-11)10-16-18-17(21-19-16)14-5-3-4-6-15(14)20/h7-9,14-15,20H,3-6,10H2,1-2H3. The van der Waals surface area contributed by atoms with E-state index in [0.29, 0.717) is 18.1 Å². The summed E-state index contributed by atoms with van der Waals surface area (Å²) >= 11 is 0. The van der Waals surface area contributed by atoms with Crippen LogP contribution in [-0.2, 0) is 6.42 Å². The van der Waals surface area contributed by atoms with Gasteiger partial charge < -0.3 is 9.63 Å². The summed E-state index contributed by atoms with van der Waals surface area (Å²) in [6.45, 7) is 4.19. The van der Waals surface area contributed by atoms with Crippen LogP contribution in [0.5, 0.6) is 0 Å². The van der Waals surface area contributed by atoms with Crippen LogP contribution in [0.25, 0.3) is 0 Å². The van der Waals surface area contributed by atoms with Crippen LogP contribution in [0.3, 0.4) is 0 Å². The fourth-order valence-corrected chi connectivity index (χ4v) is 3.24. The average Bonchev–Trinajstić information content (AvgIpc) is 2.86. The molecule has 1 fully saturated rings. The van der Waals surface area contributed by atoms with E-state index in [0.717, 1.165) is 25.7 Å². The second-order valence-corrected chi connectivity index (χ2v) is 6.18. The van der Waals surface area contributed by atoms with Crippen LogP contribution in [0.1, 0.15) is 60.0 Å². The van der Waals surface area contributed by atoms with Crippen molar-refractivity contribution in [1.82, 2.24) is 10.1 Å². The predicted octanol–water partition coefficient (Wildman–Crippen LogP) is 3.30. The molecular formula is C17H22N2O2. The lowest BCUT2D eigenvalue weighted by Crippen LogP contribution is -2.22. The van der Waals surface area contributed by atoms with Gasteiger partial charge in [0, 0.05) is 6.42 Å². The number of benzene rings is 1. The van der Waals surface area contributed by atoms with E-state index in [2.05, 4.69) is 42.2 Å². The molecule has 0 amide bonds. The maximum atomic E-state index is 10.1. The van der Waals surface area contributed by atoms with Crippen LogP contribution in [0.2, 0.25) is 0 Å². The lowest BCUT2D eigenvalue weighted by Gasteiger charge is -2.24. The second kappa shape index (κ2) is 5.98. The molecule has 1 N–H and O–H groups in total. The molecule has 0 spiro atoms. The molecule has 1 aromatic heterocycles. The molecule has 1 heterocycles. The first-order chi connectivity index (χ1) is 10.1. The third-order valence-electron chi connectivity index (χ3n) is 4.17. The van der Waals surface area contributed by atoms with Gasteiger partial charge in [-0.15, -0.1) is 0 Å². The first-order valence-corrected chi connectivity index (χ1v) is 7.69. The van der Waals surface area contributed by atoms with Crippen molar-refractivity contribution in [3.63, 3.8) is 0 Å². The molecule has 21 heavy (non-hydrogen) atoms. The Morgan fingerprint density at radius 2 is 1.86 bits per heavy atom. The van der Waals surface area contributed by atoms with Crippen molar-refractivity contribution in [2.24, 2.45) is 0 Å². The third-order valence-corrected chi connectivity index (χ3v) is 4.17. The van der Waals surface area contributed by atoms with Crippen LogP contribution in [0, 0.1) is 13.8 Å². The molecule has 3 rings (SSSR count). The normalized spacial score (nSPS) is 22.4. The summed E-state index contributed by atoms with van der Waals surface area (Å²) in [6.07, 6.45) is 4.31. The number of aryl methyl sites for hydroxylation is 2. The fraction of sp³-hybridized carbons (Fsp3) is 0.529. The van der Waals surface area contributed by atoms with Gasteiger partial charge in [0.05, 0.1) is 12.0 Å². The highest BCUT2D eigenvalue weighted by atomic mass is 16.5. The molecule has 4 heteroatoms. The maximum Gasteiger partial charge on any atom is 0.232 e. The number of rotatable bonds is 3. The van der Waals surface area contributed by atoms with Gasteiger partial charge in [0.2, 0.25) is 5.89 Å². The molecule has 0 bridgehead atoms. The van der Waals surface area contributed by atoms with Gasteiger partial charge in [0.25, 0.3) is 0 Å². The quantitative estimate of drug-likeness (QED) is 0.940. The summed E-state index contributed by atoms with van der Waals surface area (Å²) in [7, 11) is 0. The zero-order chi connectivity index (χ0) is 14.8. The van der Waals surface area contributed by atoms with Crippen molar-refractivity contribution >= 4 is 0 Å². The summed E-state index contributed by atoms with van der Waals surface area (Å²) < 4.78 is 5.39. The van der Waals surface area contributed by atoms with Crippen LogP contribution in [-0.4, -0.2) is 21.4 Å². The highest BCUT2D eigenvalue weighted by Crippen LogP contribution is 2.32. The van der Waals surface area contributed by atoms with Gasteiger partial charge in [-0.2, -0.15) is 4.98 Å². The van der Waals surface area contributed by atoms with Crippen molar-refractivity contribution in [2.45, 2.75) is 58.0 Å². The number of aliphatic hydroxyl groups is 1. The topological polar surface area (TPSA) is 59.2 Å². The summed E-state index contributed by atoms with van der Waals surface area (Å²) in [6, 6.07) is 6.46. The van der Waals surface area contributed by atoms with Gasteiger partial charge in [0.1, 0.15) is 0 Å². The van der Waals surface area contributed by atoms with E-state index in [1.165, 1.54) is 16.7 Å². The molecule has 1 saturated carbocycles. The van der Waals surface area contributed by atoms with Crippen LogP contribution in [0.15, 0.2) is 22.7 Å². The van der Waals surface area contributed by atoms with E-state index in [1.807, 2.05) is 0 Å². The minimum absolute atomic E-state index is 0.0132. The van der Waals surface area contributed by atoms with E-state index < -0.39 is 0 Å². The molecule has 1 aliphatic carbocycles. The Hall–Kier alpha value is -1.68. The second-order valence-electron chi connectivity index (χ2n) is 6.18. The summed E-state index contributed by atoms with van der Waals surface area (Å²) in [5.41, 5.74) is 3.69. The molecule has 4 nitrogen and oxygen atoms in total. The van der Waals surface area contributed by atoms with Crippen molar-refractivity contribution in [3.05, 3.63) is 46.6 Å². The Morgan fingerprint density at radius 3 is 2.57 bits per heavy atom. The van der Waals surface area contributed by atoms with Crippen LogP contribution < -0.4 is 0 Å². The molecule has 0 saturated heterocycles. The zero-order valence-electron chi connectivity index (χ0n) is 12.7. The van der Waals surface area contributed by atoms with E-state index >= 15 is 0 Å². The van der Waals surface area contributed by atoms with Gasteiger partial charge >= 0.3 is 0 Å². The third kappa shape index (κ3) is 3.32. The van der Waals surface area contributed by atoms with Crippen molar-refractivity contribution in [1.29, 1.82) is 0 Å². The Morgan fingerprint density at radius 1 is 1.14 bits per heavy atom. The number of hydrogen-bond donors (Lipinski definition) is 1. The van der Waals surface area contributed by atoms with Crippen molar-refractivity contribution in [2.75, 3.05) is 0 Å². The maximum absolute atomic E-state index is 10.1. The predicted molar refractivity (Wildman–Crippen MR) is 80.2 cm³/mol. The summed E-state index contributed by atoms with van der Waals surface area (Å²) in [5.74, 6) is 1.31. The molecule has 2 unspecified atom stereocenters. The molecule has 2 atom stereocenters. The number of aliphatic hydroxyl groups excluding tert-OH is 1. The lowest BCUT2D eigenvalue weighted by atomic mass is 9.86. The van der Waals surface area contributed by atoms with E-state index in [-0.39, 0.29) is 12.0 Å². The molecule has 0 radical (unpaired) electrons. The Labute approximate surface area is 125 Å². The summed E-state index contributed by atoms with van der Waals surface area (Å²) in [5, 5.41) is 14.1. The summed E-state index contributed by atoms with van der Waals surface area (Å²) in [4.78, 5) is 4.50. The van der Waals surface area contributed by atoms with Gasteiger partial charge in [-0.1, -0.05) is 47.3 Å². The minimum atomic E-state index is -0.340. The van der Waals surface area contributed by atoms with Gasteiger partial charge in [-0.25, -0.2) is 0 Å². The van der Waals surface area contributed by atoms with Gasteiger partial charge in [-0.05, 0) is 32.3 Å². The average molecular weight is 286 g/mol. The number of aromatic nitrogens is 2. The number of hydrogen-bond acceptors (Lipinski definition) is 4. The van der Waals surface area contributed by atoms with Crippen molar-refractivity contribution in [3.8, 4) is 0 Å². The SMILES string of the molecule is Cc1cc(C)cc(Cc2noc(C3CCCCC3O)n2)c1.